The number of hydrogen-bond donors (Lipinski definition) is 5. The molecule has 2 atom stereocenters. The van der Waals surface area contributed by atoms with Crippen LogP contribution in [0.1, 0.15) is 168 Å². The second-order valence-electron chi connectivity index (χ2n) is 12.9. The fraction of sp³-hybridized carbons (Fsp3) is 0.914. The fourth-order valence-corrected chi connectivity index (χ4v) is 5.56. The van der Waals surface area contributed by atoms with E-state index in [4.69, 9.17) is 22.9 Å². The SMILES string of the molecule is CCCCCCCCCCCCCCCCN(CCCCCCCCC)C(=O)CC(N)CNC(=O)C(N)CCCN=C(N)N. The van der Waals surface area contributed by atoms with Gasteiger partial charge >= 0.3 is 0 Å². The number of guanidine groups is 1. The standard InChI is InChI=1S/C35H73N7O2/c1-3-5-7-9-11-12-13-14-15-16-17-19-21-23-28-42(27-22-20-18-10-8-6-4-2)33(43)29-31(36)30-41-34(44)32(37)25-24-26-40-35(38)39/h31-32H,3-30,36-37H2,1-2H3,(H,41,44)(H4,38,39,40). The molecule has 0 aromatic rings. The van der Waals surface area contributed by atoms with Gasteiger partial charge in [0, 0.05) is 38.6 Å². The van der Waals surface area contributed by atoms with Crippen molar-refractivity contribution in [3.63, 3.8) is 0 Å². The van der Waals surface area contributed by atoms with Crippen molar-refractivity contribution in [1.82, 2.24) is 10.2 Å². The smallest absolute Gasteiger partial charge is 0.236 e. The third-order valence-corrected chi connectivity index (χ3v) is 8.45. The van der Waals surface area contributed by atoms with Crippen LogP contribution in [0.3, 0.4) is 0 Å². The third kappa shape index (κ3) is 27.7. The zero-order chi connectivity index (χ0) is 32.7. The zero-order valence-electron chi connectivity index (χ0n) is 29.0. The van der Waals surface area contributed by atoms with Gasteiger partial charge in [-0.25, -0.2) is 0 Å². The molecule has 0 rings (SSSR count). The highest BCUT2D eigenvalue weighted by atomic mass is 16.2. The van der Waals surface area contributed by atoms with Gasteiger partial charge in [0.1, 0.15) is 0 Å². The topological polar surface area (TPSA) is 166 Å². The molecule has 9 heteroatoms. The van der Waals surface area contributed by atoms with Crippen molar-refractivity contribution in [2.24, 2.45) is 27.9 Å². The van der Waals surface area contributed by atoms with Crippen LogP contribution < -0.4 is 28.3 Å². The van der Waals surface area contributed by atoms with Gasteiger partial charge in [0.25, 0.3) is 0 Å². The number of nitrogens with one attached hydrogen (secondary N) is 1. The van der Waals surface area contributed by atoms with E-state index >= 15 is 0 Å². The number of aliphatic imine (C=N–C) groups is 1. The Kier molecular flexibility index (Phi) is 29.8. The van der Waals surface area contributed by atoms with Crippen molar-refractivity contribution < 1.29 is 9.59 Å². The van der Waals surface area contributed by atoms with Crippen LogP contribution in [-0.4, -0.2) is 60.9 Å². The number of unbranched alkanes of at least 4 members (excludes halogenated alkanes) is 19. The second kappa shape index (κ2) is 31.1. The molecular weight excluding hydrogens is 550 g/mol. The van der Waals surface area contributed by atoms with E-state index < -0.39 is 12.1 Å². The molecule has 0 radical (unpaired) electrons. The van der Waals surface area contributed by atoms with E-state index in [1.165, 1.54) is 116 Å². The maximum absolute atomic E-state index is 13.2. The Hall–Kier alpha value is -1.87. The molecule has 0 aliphatic rings. The predicted octanol–water partition coefficient (Wildman–Crippen LogP) is 6.26. The van der Waals surface area contributed by atoms with E-state index in [9.17, 15) is 9.59 Å². The van der Waals surface area contributed by atoms with Gasteiger partial charge in [-0.05, 0) is 25.7 Å². The monoisotopic (exact) mass is 624 g/mol. The van der Waals surface area contributed by atoms with Crippen LogP contribution in [0, 0.1) is 0 Å². The molecule has 44 heavy (non-hydrogen) atoms. The van der Waals surface area contributed by atoms with Crippen LogP contribution in [0.25, 0.3) is 0 Å². The molecule has 0 heterocycles. The molecule has 0 fully saturated rings. The Morgan fingerprint density at radius 1 is 0.636 bits per heavy atom. The molecule has 9 N–H and O–H groups in total. The van der Waals surface area contributed by atoms with Crippen molar-refractivity contribution in [1.29, 1.82) is 0 Å². The van der Waals surface area contributed by atoms with Crippen molar-refractivity contribution in [3.05, 3.63) is 0 Å². The van der Waals surface area contributed by atoms with E-state index in [1.807, 2.05) is 4.90 Å². The third-order valence-electron chi connectivity index (χ3n) is 8.45. The number of nitrogens with zero attached hydrogens (tertiary/aromatic N) is 2. The summed E-state index contributed by atoms with van der Waals surface area (Å²) in [7, 11) is 0. The Morgan fingerprint density at radius 3 is 1.45 bits per heavy atom. The highest BCUT2D eigenvalue weighted by Gasteiger charge is 2.19. The Labute approximate surface area is 271 Å². The zero-order valence-corrected chi connectivity index (χ0v) is 29.0. The molecule has 0 aliphatic carbocycles. The van der Waals surface area contributed by atoms with Crippen LogP contribution in [-0.2, 0) is 9.59 Å². The summed E-state index contributed by atoms with van der Waals surface area (Å²) in [6.45, 7) is 6.78. The summed E-state index contributed by atoms with van der Waals surface area (Å²) in [5.41, 5.74) is 22.9. The van der Waals surface area contributed by atoms with E-state index in [0.717, 1.165) is 32.4 Å². The van der Waals surface area contributed by atoms with Gasteiger partial charge in [-0.1, -0.05) is 136 Å². The van der Waals surface area contributed by atoms with Gasteiger partial charge in [0.15, 0.2) is 5.96 Å². The molecule has 0 spiro atoms. The van der Waals surface area contributed by atoms with Gasteiger partial charge in [-0.15, -0.1) is 0 Å². The van der Waals surface area contributed by atoms with Crippen LogP contribution in [0.2, 0.25) is 0 Å². The van der Waals surface area contributed by atoms with Crippen molar-refractivity contribution in [2.75, 3.05) is 26.2 Å². The van der Waals surface area contributed by atoms with E-state index in [-0.39, 0.29) is 30.7 Å². The van der Waals surface area contributed by atoms with Gasteiger partial charge < -0.3 is 33.2 Å². The van der Waals surface area contributed by atoms with Crippen LogP contribution >= 0.6 is 0 Å². The normalized spacial score (nSPS) is 12.5. The lowest BCUT2D eigenvalue weighted by Gasteiger charge is -2.25. The summed E-state index contributed by atoms with van der Waals surface area (Å²) in [5, 5.41) is 2.81. The van der Waals surface area contributed by atoms with E-state index in [2.05, 4.69) is 24.2 Å². The van der Waals surface area contributed by atoms with Crippen molar-refractivity contribution >= 4 is 17.8 Å². The van der Waals surface area contributed by atoms with Gasteiger partial charge in [-0.3, -0.25) is 14.6 Å². The Morgan fingerprint density at radius 2 is 1.05 bits per heavy atom. The van der Waals surface area contributed by atoms with Gasteiger partial charge in [-0.2, -0.15) is 0 Å². The van der Waals surface area contributed by atoms with Crippen LogP contribution in [0.15, 0.2) is 4.99 Å². The van der Waals surface area contributed by atoms with Crippen LogP contribution in [0.4, 0.5) is 0 Å². The van der Waals surface area contributed by atoms with Crippen molar-refractivity contribution in [2.45, 2.75) is 180 Å². The molecule has 0 aromatic carbocycles. The molecule has 0 bridgehead atoms. The average Bonchev–Trinajstić information content (AvgIpc) is 3.00. The maximum atomic E-state index is 13.2. The summed E-state index contributed by atoms with van der Waals surface area (Å²) >= 11 is 0. The Balaban J connectivity index is 4.35. The first-order chi connectivity index (χ1) is 21.3. The van der Waals surface area contributed by atoms with Gasteiger partial charge in [0.05, 0.1) is 6.04 Å². The lowest BCUT2D eigenvalue weighted by molar-refractivity contribution is -0.132. The summed E-state index contributed by atoms with van der Waals surface area (Å²) in [4.78, 5) is 31.5. The lowest BCUT2D eigenvalue weighted by Crippen LogP contribution is -2.47. The lowest BCUT2D eigenvalue weighted by atomic mass is 10.0. The highest BCUT2D eigenvalue weighted by molar-refractivity contribution is 5.81. The molecule has 9 nitrogen and oxygen atoms in total. The first kappa shape index (κ1) is 42.1. The number of nitrogens with two attached hydrogens (primary N) is 4. The number of carbonyl (C=O) groups is 2. The minimum absolute atomic E-state index is 0.0315. The average molecular weight is 624 g/mol. The number of carbonyl (C=O) groups excluding carboxylic acids is 2. The first-order valence-corrected chi connectivity index (χ1v) is 18.4. The summed E-state index contributed by atoms with van der Waals surface area (Å²) in [6.07, 6.45) is 28.4. The van der Waals surface area contributed by atoms with Crippen LogP contribution in [0.5, 0.6) is 0 Å². The maximum Gasteiger partial charge on any atom is 0.236 e. The number of amides is 2. The minimum Gasteiger partial charge on any atom is -0.370 e. The van der Waals surface area contributed by atoms with E-state index in [1.54, 1.807) is 0 Å². The summed E-state index contributed by atoms with van der Waals surface area (Å²) < 4.78 is 0. The van der Waals surface area contributed by atoms with Gasteiger partial charge in [0.2, 0.25) is 11.8 Å². The quantitative estimate of drug-likeness (QED) is 0.0337. The molecular formula is C35H73N7O2. The summed E-state index contributed by atoms with van der Waals surface area (Å²) in [5.74, 6) is -0.141. The van der Waals surface area contributed by atoms with E-state index in [0.29, 0.717) is 19.4 Å². The minimum atomic E-state index is -0.652. The summed E-state index contributed by atoms with van der Waals surface area (Å²) in [6, 6.07) is -1.09. The predicted molar refractivity (Wildman–Crippen MR) is 188 cm³/mol. The Bertz CT molecular complexity index is 701. The highest BCUT2D eigenvalue weighted by Crippen LogP contribution is 2.14. The molecule has 2 unspecified atom stereocenters. The molecule has 260 valence electrons. The first-order valence-electron chi connectivity index (χ1n) is 18.4. The van der Waals surface area contributed by atoms with Crippen molar-refractivity contribution in [3.8, 4) is 0 Å². The number of rotatable bonds is 32. The molecule has 2 amide bonds. The molecule has 0 aliphatic heterocycles. The largest absolute Gasteiger partial charge is 0.370 e. The molecule has 0 aromatic heterocycles. The number of hydrogen-bond acceptors (Lipinski definition) is 5. The fourth-order valence-electron chi connectivity index (χ4n) is 5.56. The second-order valence-corrected chi connectivity index (χ2v) is 12.9. The molecule has 0 saturated carbocycles. The molecule has 0 saturated heterocycles.